The predicted octanol–water partition coefficient (Wildman–Crippen LogP) is 4.69. The molecule has 0 saturated heterocycles. The lowest BCUT2D eigenvalue weighted by Gasteiger charge is -2.17. The molecule has 0 amide bonds. The molecule has 0 radical (unpaired) electrons. The summed E-state index contributed by atoms with van der Waals surface area (Å²) >= 11 is 0. The van der Waals surface area contributed by atoms with Gasteiger partial charge in [0.25, 0.3) is 0 Å². The van der Waals surface area contributed by atoms with Gasteiger partial charge in [-0.1, -0.05) is 18.2 Å². The van der Waals surface area contributed by atoms with Gasteiger partial charge in [0.2, 0.25) is 0 Å². The molecule has 8 nitrogen and oxygen atoms in total. The summed E-state index contributed by atoms with van der Waals surface area (Å²) in [5.41, 5.74) is 12.9. The van der Waals surface area contributed by atoms with E-state index in [1.165, 1.54) is 5.56 Å². The third kappa shape index (κ3) is 6.59. The number of aromatic nitrogens is 3. The number of nitrogens with two attached hydrogens (primary N) is 1. The van der Waals surface area contributed by atoms with E-state index in [-0.39, 0.29) is 6.42 Å². The number of aliphatic carboxylic acids is 1. The molecule has 0 bridgehead atoms. The largest absolute Gasteiger partial charge is 0.481 e. The lowest BCUT2D eigenvalue weighted by Crippen LogP contribution is -2.14. The Bertz CT molecular complexity index is 1280. The fourth-order valence-corrected chi connectivity index (χ4v) is 4.48. The zero-order chi connectivity index (χ0) is 25.5. The summed E-state index contributed by atoms with van der Waals surface area (Å²) in [7, 11) is 0. The van der Waals surface area contributed by atoms with E-state index < -0.39 is 12.0 Å². The zero-order valence-electron chi connectivity index (χ0n) is 20.9. The first-order valence-corrected chi connectivity index (χ1v) is 12.4. The monoisotopic (exact) mass is 486 g/mol. The van der Waals surface area contributed by atoms with Gasteiger partial charge in [0.1, 0.15) is 5.82 Å². The molecule has 2 aromatic heterocycles. The fourth-order valence-electron chi connectivity index (χ4n) is 4.48. The minimum Gasteiger partial charge on any atom is -0.481 e. The van der Waals surface area contributed by atoms with E-state index in [0.29, 0.717) is 5.70 Å². The van der Waals surface area contributed by atoms with Crippen molar-refractivity contribution in [3.05, 3.63) is 82.4 Å². The number of carboxylic acids is 1. The van der Waals surface area contributed by atoms with E-state index in [4.69, 9.17) is 10.7 Å². The summed E-state index contributed by atoms with van der Waals surface area (Å²) in [6.07, 6.45) is 7.96. The van der Waals surface area contributed by atoms with Crippen LogP contribution in [0.1, 0.15) is 59.9 Å². The molecular formula is C28H34N6O2. The fraction of sp³-hybridized carbons (Fsp3) is 0.357. The van der Waals surface area contributed by atoms with Crippen molar-refractivity contribution in [1.29, 1.82) is 0 Å². The summed E-state index contributed by atoms with van der Waals surface area (Å²) in [5, 5.41) is 17.3. The molecular weight excluding hydrogens is 452 g/mol. The highest BCUT2D eigenvalue weighted by molar-refractivity contribution is 5.73. The first kappa shape index (κ1) is 25.2. The highest BCUT2D eigenvalue weighted by atomic mass is 16.4. The van der Waals surface area contributed by atoms with Crippen molar-refractivity contribution in [2.75, 3.05) is 11.9 Å². The molecule has 1 aromatic carbocycles. The average molecular weight is 487 g/mol. The summed E-state index contributed by atoms with van der Waals surface area (Å²) in [6.45, 7) is 4.92. The number of allylic oxidation sites excluding steroid dienone is 2. The smallest absolute Gasteiger partial charge is 0.305 e. The maximum Gasteiger partial charge on any atom is 0.305 e. The van der Waals surface area contributed by atoms with Crippen molar-refractivity contribution in [2.45, 2.75) is 58.4 Å². The Morgan fingerprint density at radius 3 is 2.92 bits per heavy atom. The average Bonchev–Trinajstić information content (AvgIpc) is 3.21. The maximum atomic E-state index is 11.5. The van der Waals surface area contributed by atoms with Gasteiger partial charge in [-0.3, -0.25) is 9.79 Å². The number of aryl methyl sites for hydroxylation is 4. The topological polar surface area (TPSA) is 118 Å². The van der Waals surface area contributed by atoms with Crippen molar-refractivity contribution < 1.29 is 9.90 Å². The van der Waals surface area contributed by atoms with Crippen LogP contribution < -0.4 is 11.1 Å². The number of rotatable bonds is 10. The Labute approximate surface area is 212 Å². The van der Waals surface area contributed by atoms with Gasteiger partial charge in [0.05, 0.1) is 23.8 Å². The van der Waals surface area contributed by atoms with E-state index in [0.717, 1.165) is 72.8 Å². The van der Waals surface area contributed by atoms with Crippen LogP contribution in [-0.4, -0.2) is 38.6 Å². The quantitative estimate of drug-likeness (QED) is 0.358. The Morgan fingerprint density at radius 1 is 1.28 bits per heavy atom. The van der Waals surface area contributed by atoms with Crippen molar-refractivity contribution in [3.63, 3.8) is 0 Å². The Balaban J connectivity index is 1.38. The summed E-state index contributed by atoms with van der Waals surface area (Å²) < 4.78 is 1.85. The van der Waals surface area contributed by atoms with Crippen LogP contribution in [0.2, 0.25) is 0 Å². The number of nitrogens with one attached hydrogen (secondary N) is 1. The Kier molecular flexibility index (Phi) is 8.15. The standard InChI is InChI=1S/C28H34N6O2/c1-19-16-20(2)34(33-19)25-10-3-6-22(17-25)26(18-27(35)36)30-15-13-23(29)8-4-9-24-12-11-21-7-5-14-31-28(21)32-24/h3,6,10-13,15-17,26H,4-5,7-9,14,18,29H2,1-2H3,(H,31,32)(H,35,36). The molecule has 0 saturated carbocycles. The first-order valence-electron chi connectivity index (χ1n) is 12.4. The molecule has 1 unspecified atom stereocenters. The number of fused-ring (bicyclic) bond motifs is 1. The molecule has 3 aromatic rings. The van der Waals surface area contributed by atoms with Crippen LogP contribution in [0.25, 0.3) is 5.69 Å². The third-order valence-electron chi connectivity index (χ3n) is 6.28. The number of anilines is 1. The molecule has 1 aliphatic heterocycles. The van der Waals surface area contributed by atoms with E-state index in [2.05, 4.69) is 27.5 Å². The van der Waals surface area contributed by atoms with Crippen LogP contribution >= 0.6 is 0 Å². The zero-order valence-corrected chi connectivity index (χ0v) is 20.9. The molecule has 36 heavy (non-hydrogen) atoms. The first-order chi connectivity index (χ1) is 17.4. The summed E-state index contributed by atoms with van der Waals surface area (Å²) in [4.78, 5) is 20.8. The van der Waals surface area contributed by atoms with Crippen LogP contribution in [0, 0.1) is 13.8 Å². The van der Waals surface area contributed by atoms with Gasteiger partial charge >= 0.3 is 5.97 Å². The molecule has 8 heteroatoms. The number of pyridine rings is 1. The molecule has 1 atom stereocenters. The van der Waals surface area contributed by atoms with Gasteiger partial charge in [0, 0.05) is 29.8 Å². The van der Waals surface area contributed by atoms with E-state index in [1.807, 2.05) is 48.9 Å². The molecule has 4 N–H and O–H groups in total. The van der Waals surface area contributed by atoms with Gasteiger partial charge < -0.3 is 16.2 Å². The second-order valence-corrected chi connectivity index (χ2v) is 9.28. The van der Waals surface area contributed by atoms with Crippen LogP contribution in [0.15, 0.2) is 59.2 Å². The number of aliphatic imine (C=N–C) groups is 1. The lowest BCUT2D eigenvalue weighted by molar-refractivity contribution is -0.137. The minimum absolute atomic E-state index is 0.108. The second kappa shape index (κ2) is 11.7. The molecule has 0 fully saturated rings. The van der Waals surface area contributed by atoms with Gasteiger partial charge in [-0.25, -0.2) is 9.67 Å². The lowest BCUT2D eigenvalue weighted by atomic mass is 10.0. The third-order valence-corrected chi connectivity index (χ3v) is 6.28. The SMILES string of the molecule is Cc1cc(C)n(-c2cccc(C(CC(=O)O)N=CC=C(N)CCCc3ccc4c(n3)NCCC4)c2)n1. The molecule has 0 spiro atoms. The minimum atomic E-state index is -0.905. The van der Waals surface area contributed by atoms with Crippen LogP contribution in [0.4, 0.5) is 5.82 Å². The molecule has 0 aliphatic carbocycles. The maximum absolute atomic E-state index is 11.5. The van der Waals surface area contributed by atoms with Gasteiger partial charge in [-0.15, -0.1) is 0 Å². The Hall–Kier alpha value is -3.94. The number of benzene rings is 1. The van der Waals surface area contributed by atoms with Crippen molar-refractivity contribution in [1.82, 2.24) is 14.8 Å². The van der Waals surface area contributed by atoms with Crippen molar-refractivity contribution in [2.24, 2.45) is 10.7 Å². The van der Waals surface area contributed by atoms with Gasteiger partial charge in [-0.05, 0) is 87.4 Å². The number of hydrogen-bond donors (Lipinski definition) is 3. The molecule has 188 valence electrons. The second-order valence-electron chi connectivity index (χ2n) is 9.28. The highest BCUT2D eigenvalue weighted by Crippen LogP contribution is 2.24. The molecule has 3 heterocycles. The number of carbonyl (C=O) groups is 1. The normalized spacial score (nSPS) is 14.4. The summed E-state index contributed by atoms with van der Waals surface area (Å²) in [6, 6.07) is 13.5. The summed E-state index contributed by atoms with van der Waals surface area (Å²) in [5.74, 6) is 0.110. The van der Waals surface area contributed by atoms with Gasteiger partial charge in [-0.2, -0.15) is 5.10 Å². The van der Waals surface area contributed by atoms with Crippen molar-refractivity contribution >= 4 is 18.0 Å². The van der Waals surface area contributed by atoms with Gasteiger partial charge in [0.15, 0.2) is 0 Å². The van der Waals surface area contributed by atoms with Crippen LogP contribution in [0.3, 0.4) is 0 Å². The van der Waals surface area contributed by atoms with Crippen molar-refractivity contribution in [3.8, 4) is 5.69 Å². The molecule has 1 aliphatic rings. The number of carboxylic acid groups (broad SMARTS) is 1. The highest BCUT2D eigenvalue weighted by Gasteiger charge is 2.15. The van der Waals surface area contributed by atoms with E-state index in [9.17, 15) is 9.90 Å². The predicted molar refractivity (Wildman–Crippen MR) is 143 cm³/mol. The number of hydrogen-bond acceptors (Lipinski definition) is 6. The Morgan fingerprint density at radius 2 is 2.14 bits per heavy atom. The van der Waals surface area contributed by atoms with Crippen LogP contribution in [0.5, 0.6) is 0 Å². The number of nitrogens with zero attached hydrogens (tertiary/aromatic N) is 4. The molecule has 4 rings (SSSR count). The van der Waals surface area contributed by atoms with Crippen LogP contribution in [-0.2, 0) is 17.6 Å². The van der Waals surface area contributed by atoms with E-state index >= 15 is 0 Å². The van der Waals surface area contributed by atoms with E-state index in [1.54, 1.807) is 12.3 Å².